The Morgan fingerprint density at radius 2 is 1.58 bits per heavy atom. The van der Waals surface area contributed by atoms with Gasteiger partial charge in [-0.1, -0.05) is 0 Å². The number of benzene rings is 1. The van der Waals surface area contributed by atoms with Crippen molar-refractivity contribution in [1.82, 2.24) is 0 Å². The van der Waals surface area contributed by atoms with Gasteiger partial charge in [0.1, 0.15) is 5.75 Å². The Morgan fingerprint density at radius 1 is 1.08 bits per heavy atom. The summed E-state index contributed by atoms with van der Waals surface area (Å²) in [5.74, 6) is 0.436. The molecular weight excluding hydrogens is 166 g/mol. The normalized spacial score (nSPS) is 10.6. The molecule has 0 spiro atoms. The van der Waals surface area contributed by atoms with E-state index in [4.69, 9.17) is 5.73 Å². The SMILES string of the molecule is Cc1c(C)c(O)c([SiH3])c(C)c1N. The molecule has 1 aromatic rings. The molecule has 0 saturated heterocycles. The monoisotopic (exact) mass is 181 g/mol. The van der Waals surface area contributed by atoms with Gasteiger partial charge in [-0.3, -0.25) is 0 Å². The van der Waals surface area contributed by atoms with Crippen molar-refractivity contribution in [2.75, 3.05) is 5.73 Å². The van der Waals surface area contributed by atoms with Crippen LogP contribution in [0.4, 0.5) is 5.69 Å². The van der Waals surface area contributed by atoms with Crippen LogP contribution in [0.3, 0.4) is 0 Å². The van der Waals surface area contributed by atoms with E-state index >= 15 is 0 Å². The Kier molecular flexibility index (Phi) is 2.15. The highest BCUT2D eigenvalue weighted by molar-refractivity contribution is 6.36. The molecule has 0 fully saturated rings. The predicted molar refractivity (Wildman–Crippen MR) is 56.3 cm³/mol. The number of nitrogen functional groups attached to an aromatic ring is 1. The standard InChI is InChI=1S/C9H15NOSi/c1-4-5(2)8(11)9(12)6(3)7(4)10/h11H,10H2,1-3,12H3. The van der Waals surface area contributed by atoms with Crippen LogP contribution in [0.15, 0.2) is 0 Å². The summed E-state index contributed by atoms with van der Waals surface area (Å²) in [6.45, 7) is 5.81. The van der Waals surface area contributed by atoms with Crippen molar-refractivity contribution in [3.8, 4) is 5.75 Å². The molecule has 0 atom stereocenters. The fourth-order valence-corrected chi connectivity index (χ4v) is 1.97. The molecule has 0 saturated carbocycles. The van der Waals surface area contributed by atoms with Gasteiger partial charge in [0, 0.05) is 15.9 Å². The molecule has 0 unspecified atom stereocenters. The molecule has 3 heteroatoms. The van der Waals surface area contributed by atoms with Crippen molar-refractivity contribution in [3.63, 3.8) is 0 Å². The van der Waals surface area contributed by atoms with Crippen LogP contribution < -0.4 is 10.9 Å². The second kappa shape index (κ2) is 2.82. The molecule has 0 amide bonds. The van der Waals surface area contributed by atoms with Gasteiger partial charge in [0.15, 0.2) is 0 Å². The van der Waals surface area contributed by atoms with Crippen LogP contribution in [-0.2, 0) is 0 Å². The zero-order chi connectivity index (χ0) is 9.46. The van der Waals surface area contributed by atoms with Crippen LogP contribution in [0.25, 0.3) is 0 Å². The molecule has 12 heavy (non-hydrogen) atoms. The second-order valence-corrected chi connectivity index (χ2v) is 4.26. The third-order valence-electron chi connectivity index (χ3n) is 2.64. The maximum absolute atomic E-state index is 9.67. The summed E-state index contributed by atoms with van der Waals surface area (Å²) in [6.07, 6.45) is 0. The maximum Gasteiger partial charge on any atom is 0.117 e. The van der Waals surface area contributed by atoms with E-state index in [-0.39, 0.29) is 0 Å². The number of hydrogen-bond donors (Lipinski definition) is 2. The van der Waals surface area contributed by atoms with Crippen molar-refractivity contribution < 1.29 is 5.11 Å². The van der Waals surface area contributed by atoms with Crippen molar-refractivity contribution in [2.45, 2.75) is 20.8 Å². The highest BCUT2D eigenvalue weighted by atomic mass is 28.1. The summed E-state index contributed by atoms with van der Waals surface area (Å²) in [6, 6.07) is 0. The Bertz CT molecular complexity index is 229. The van der Waals surface area contributed by atoms with E-state index in [9.17, 15) is 5.11 Å². The van der Waals surface area contributed by atoms with Gasteiger partial charge in [0.25, 0.3) is 0 Å². The van der Waals surface area contributed by atoms with Crippen LogP contribution >= 0.6 is 0 Å². The zero-order valence-corrected chi connectivity index (χ0v) is 10.0. The minimum Gasteiger partial charge on any atom is -0.508 e. The summed E-state index contributed by atoms with van der Waals surface area (Å²) in [4.78, 5) is 0. The van der Waals surface area contributed by atoms with Gasteiger partial charge in [0.2, 0.25) is 0 Å². The molecule has 0 bridgehead atoms. The fraction of sp³-hybridized carbons (Fsp3) is 0.333. The van der Waals surface area contributed by atoms with E-state index < -0.39 is 0 Å². The number of nitrogens with two attached hydrogens (primary N) is 1. The lowest BCUT2D eigenvalue weighted by atomic mass is 10.0. The Hall–Kier alpha value is -0.963. The summed E-state index contributed by atoms with van der Waals surface area (Å²) in [5.41, 5.74) is 9.66. The van der Waals surface area contributed by atoms with Gasteiger partial charge in [-0.25, -0.2) is 0 Å². The lowest BCUT2D eigenvalue weighted by Crippen LogP contribution is -2.13. The number of phenolic OH excluding ortho intramolecular Hbond substituents is 1. The topological polar surface area (TPSA) is 46.2 Å². The third-order valence-corrected chi connectivity index (χ3v) is 3.87. The van der Waals surface area contributed by atoms with Crippen LogP contribution in [0.5, 0.6) is 5.75 Å². The summed E-state index contributed by atoms with van der Waals surface area (Å²) >= 11 is 0. The average Bonchev–Trinajstić information content (AvgIpc) is 2.08. The highest BCUT2D eigenvalue weighted by Crippen LogP contribution is 2.25. The second-order valence-electron chi connectivity index (χ2n) is 3.26. The number of anilines is 1. The molecule has 2 nitrogen and oxygen atoms in total. The molecule has 0 heterocycles. The third kappa shape index (κ3) is 1.10. The lowest BCUT2D eigenvalue weighted by Gasteiger charge is -2.13. The van der Waals surface area contributed by atoms with Crippen molar-refractivity contribution in [1.29, 1.82) is 0 Å². The molecule has 3 N–H and O–H groups in total. The molecule has 1 aromatic carbocycles. The minimum absolute atomic E-state index is 0.436. The molecule has 0 aliphatic rings. The zero-order valence-electron chi connectivity index (χ0n) is 8.02. The molecule has 0 aliphatic heterocycles. The van der Waals surface area contributed by atoms with Crippen LogP contribution in [0.1, 0.15) is 16.7 Å². The lowest BCUT2D eigenvalue weighted by molar-refractivity contribution is 0.474. The molecule has 0 radical (unpaired) electrons. The number of rotatable bonds is 0. The largest absolute Gasteiger partial charge is 0.508 e. The number of aromatic hydroxyl groups is 1. The van der Waals surface area contributed by atoms with Crippen molar-refractivity contribution in [2.24, 2.45) is 0 Å². The van der Waals surface area contributed by atoms with E-state index in [0.29, 0.717) is 5.75 Å². The molecule has 1 rings (SSSR count). The van der Waals surface area contributed by atoms with Gasteiger partial charge in [-0.15, -0.1) is 0 Å². The Balaban J connectivity index is 3.60. The summed E-state index contributed by atoms with van der Waals surface area (Å²) in [5, 5.41) is 10.7. The first-order valence-corrected chi connectivity index (χ1v) is 5.01. The highest BCUT2D eigenvalue weighted by Gasteiger charge is 2.10. The van der Waals surface area contributed by atoms with E-state index in [1.54, 1.807) is 0 Å². The smallest absolute Gasteiger partial charge is 0.117 e. The average molecular weight is 181 g/mol. The Labute approximate surface area is 75.8 Å². The molecule has 0 aromatic heterocycles. The molecule has 0 aliphatic carbocycles. The van der Waals surface area contributed by atoms with Crippen molar-refractivity contribution >= 4 is 21.1 Å². The fourth-order valence-electron chi connectivity index (χ4n) is 1.32. The molecule has 66 valence electrons. The van der Waals surface area contributed by atoms with Gasteiger partial charge >= 0.3 is 0 Å². The summed E-state index contributed by atoms with van der Waals surface area (Å²) < 4.78 is 0. The predicted octanol–water partition coefficient (Wildman–Crippen LogP) is -0.110. The van der Waals surface area contributed by atoms with E-state index in [1.165, 1.54) is 0 Å². The van der Waals surface area contributed by atoms with E-state index in [0.717, 1.165) is 37.8 Å². The van der Waals surface area contributed by atoms with Crippen molar-refractivity contribution in [3.05, 3.63) is 16.7 Å². The first-order valence-electron chi connectivity index (χ1n) is 4.01. The van der Waals surface area contributed by atoms with Gasteiger partial charge in [0.05, 0.1) is 0 Å². The van der Waals surface area contributed by atoms with Crippen LogP contribution in [0.2, 0.25) is 0 Å². The van der Waals surface area contributed by atoms with Gasteiger partial charge < -0.3 is 10.8 Å². The minimum atomic E-state index is 0.436. The van der Waals surface area contributed by atoms with E-state index in [1.807, 2.05) is 20.8 Å². The number of phenols is 1. The Morgan fingerprint density at radius 3 is 2.08 bits per heavy atom. The van der Waals surface area contributed by atoms with Gasteiger partial charge in [-0.2, -0.15) is 0 Å². The van der Waals surface area contributed by atoms with Crippen LogP contribution in [-0.4, -0.2) is 15.3 Å². The number of hydrogen-bond acceptors (Lipinski definition) is 2. The molecular formula is C9H15NOSi. The first-order chi connectivity index (χ1) is 5.46. The maximum atomic E-state index is 9.67. The first kappa shape index (κ1) is 9.13. The van der Waals surface area contributed by atoms with E-state index in [2.05, 4.69) is 0 Å². The van der Waals surface area contributed by atoms with Gasteiger partial charge in [-0.05, 0) is 42.6 Å². The summed E-state index contributed by atoms with van der Waals surface area (Å²) in [7, 11) is 0.844. The van der Waals surface area contributed by atoms with Crippen LogP contribution in [0, 0.1) is 20.8 Å². The quantitative estimate of drug-likeness (QED) is 0.333.